The summed E-state index contributed by atoms with van der Waals surface area (Å²) in [4.78, 5) is 11.9. The quantitative estimate of drug-likeness (QED) is 0.424. The molecular formula is C24H23N3O4S. The van der Waals surface area contributed by atoms with Crippen LogP contribution >= 0.6 is 0 Å². The van der Waals surface area contributed by atoms with Gasteiger partial charge in [0.1, 0.15) is 0 Å². The molecule has 0 saturated carbocycles. The third-order valence-electron chi connectivity index (χ3n) is 5.01. The topological polar surface area (TPSA) is 103 Å². The minimum Gasteiger partial charge on any atom is -0.462 e. The number of nitrogens with one attached hydrogen (secondary N) is 1. The Morgan fingerprint density at radius 2 is 1.66 bits per heavy atom. The van der Waals surface area contributed by atoms with E-state index in [-0.39, 0.29) is 5.97 Å². The Balaban J connectivity index is 1.66. The first-order valence-corrected chi connectivity index (χ1v) is 11.9. The predicted octanol–water partition coefficient (Wildman–Crippen LogP) is 4.43. The van der Waals surface area contributed by atoms with Gasteiger partial charge in [-0.05, 0) is 66.6 Å². The van der Waals surface area contributed by atoms with Crippen LogP contribution in [0.25, 0.3) is 27.7 Å². The van der Waals surface area contributed by atoms with Crippen LogP contribution in [0.15, 0.2) is 72.9 Å². The van der Waals surface area contributed by atoms with Crippen LogP contribution in [0.2, 0.25) is 0 Å². The van der Waals surface area contributed by atoms with E-state index in [0.29, 0.717) is 23.5 Å². The number of hydrogen-bond acceptors (Lipinski definition) is 5. The summed E-state index contributed by atoms with van der Waals surface area (Å²) >= 11 is 0. The molecule has 0 aliphatic carbocycles. The van der Waals surface area contributed by atoms with Crippen LogP contribution in [0.1, 0.15) is 17.3 Å². The van der Waals surface area contributed by atoms with Crippen molar-refractivity contribution in [2.75, 3.05) is 23.3 Å². The zero-order valence-electron chi connectivity index (χ0n) is 17.7. The molecule has 1 heterocycles. The summed E-state index contributed by atoms with van der Waals surface area (Å²) in [7, 11) is -3.32. The number of sulfonamides is 1. The van der Waals surface area contributed by atoms with Gasteiger partial charge in [-0.2, -0.15) is 0 Å². The van der Waals surface area contributed by atoms with Crippen molar-refractivity contribution in [3.63, 3.8) is 0 Å². The molecule has 0 aliphatic rings. The highest BCUT2D eigenvalue weighted by molar-refractivity contribution is 7.92. The second-order valence-electron chi connectivity index (χ2n) is 7.41. The van der Waals surface area contributed by atoms with Crippen LogP contribution in [0.5, 0.6) is 0 Å². The molecule has 0 atom stereocenters. The molecule has 0 spiro atoms. The van der Waals surface area contributed by atoms with Gasteiger partial charge in [0, 0.05) is 23.0 Å². The maximum Gasteiger partial charge on any atom is 0.338 e. The van der Waals surface area contributed by atoms with Crippen molar-refractivity contribution in [1.29, 1.82) is 0 Å². The second kappa shape index (κ2) is 8.39. The smallest absolute Gasteiger partial charge is 0.338 e. The van der Waals surface area contributed by atoms with Gasteiger partial charge in [-0.1, -0.05) is 18.2 Å². The van der Waals surface area contributed by atoms with E-state index in [1.807, 2.05) is 53.2 Å². The largest absolute Gasteiger partial charge is 0.462 e. The lowest BCUT2D eigenvalue weighted by molar-refractivity contribution is 0.0526. The molecule has 8 heteroatoms. The van der Waals surface area contributed by atoms with E-state index in [0.717, 1.165) is 34.0 Å². The molecule has 3 aromatic carbocycles. The molecule has 4 aromatic rings. The molecule has 4 rings (SSSR count). The highest BCUT2D eigenvalue weighted by atomic mass is 32.2. The number of fused-ring (bicyclic) bond motifs is 1. The molecule has 1 aromatic heterocycles. The van der Waals surface area contributed by atoms with Crippen molar-refractivity contribution in [3.05, 3.63) is 78.5 Å². The summed E-state index contributed by atoms with van der Waals surface area (Å²) in [6.45, 7) is 2.11. The second-order valence-corrected chi connectivity index (χ2v) is 9.15. The Morgan fingerprint density at radius 3 is 2.28 bits per heavy atom. The first-order chi connectivity index (χ1) is 15.2. The Kier molecular flexibility index (Phi) is 5.63. The standard InChI is InChI=1S/C24H23N3O4S/c1-3-31-24(28)17-6-11-20(12-7-17)27-15-22(25)21-14-18(8-13-23(21)27)16-4-9-19(10-5-16)26-32(2,29)30/h4-15,26H,3,25H2,1-2H3. The third-order valence-corrected chi connectivity index (χ3v) is 5.62. The number of anilines is 2. The zero-order valence-corrected chi connectivity index (χ0v) is 18.5. The van der Waals surface area contributed by atoms with Gasteiger partial charge < -0.3 is 15.0 Å². The number of rotatable bonds is 6. The highest BCUT2D eigenvalue weighted by Gasteiger charge is 2.12. The number of nitrogens with two attached hydrogens (primary N) is 1. The molecule has 0 bridgehead atoms. The van der Waals surface area contributed by atoms with Gasteiger partial charge in [0.05, 0.1) is 29.6 Å². The Bertz CT molecular complexity index is 1390. The van der Waals surface area contributed by atoms with Crippen molar-refractivity contribution in [2.24, 2.45) is 0 Å². The monoisotopic (exact) mass is 449 g/mol. The summed E-state index contributed by atoms with van der Waals surface area (Å²) in [5.74, 6) is -0.349. The lowest BCUT2D eigenvalue weighted by Crippen LogP contribution is -2.09. The molecule has 3 N–H and O–H groups in total. The summed E-state index contributed by atoms with van der Waals surface area (Å²) in [6.07, 6.45) is 2.97. The van der Waals surface area contributed by atoms with E-state index in [1.165, 1.54) is 0 Å². The number of aromatic nitrogens is 1. The summed E-state index contributed by atoms with van der Waals surface area (Å²) in [5.41, 5.74) is 11.7. The number of carbonyl (C=O) groups excluding carboxylic acids is 1. The van der Waals surface area contributed by atoms with Crippen LogP contribution in [0.3, 0.4) is 0 Å². The third kappa shape index (κ3) is 4.45. The predicted molar refractivity (Wildman–Crippen MR) is 128 cm³/mol. The summed E-state index contributed by atoms with van der Waals surface area (Å²) < 4.78 is 32.2. The fourth-order valence-electron chi connectivity index (χ4n) is 3.57. The minimum absolute atomic E-state index is 0.332. The van der Waals surface area contributed by atoms with Crippen molar-refractivity contribution in [1.82, 2.24) is 4.57 Å². The summed E-state index contributed by atoms with van der Waals surface area (Å²) in [6, 6.07) is 20.3. The first-order valence-electron chi connectivity index (χ1n) is 10.0. The molecule has 0 amide bonds. The molecule has 7 nitrogen and oxygen atoms in total. The highest BCUT2D eigenvalue weighted by Crippen LogP contribution is 2.32. The van der Waals surface area contributed by atoms with Crippen LogP contribution in [0.4, 0.5) is 11.4 Å². The molecule has 0 fully saturated rings. The lowest BCUT2D eigenvalue weighted by atomic mass is 10.0. The van der Waals surface area contributed by atoms with Gasteiger partial charge in [-0.25, -0.2) is 13.2 Å². The fraction of sp³-hybridized carbons (Fsp3) is 0.125. The number of carbonyl (C=O) groups is 1. The molecule has 164 valence electrons. The normalized spacial score (nSPS) is 11.4. The minimum atomic E-state index is -3.32. The maximum absolute atomic E-state index is 11.9. The van der Waals surface area contributed by atoms with Crippen LogP contribution < -0.4 is 10.5 Å². The molecule has 0 radical (unpaired) electrons. The molecule has 0 unspecified atom stereocenters. The van der Waals surface area contributed by atoms with E-state index in [2.05, 4.69) is 4.72 Å². The molecule has 0 aliphatic heterocycles. The molecular weight excluding hydrogens is 426 g/mol. The number of benzene rings is 3. The van der Waals surface area contributed by atoms with Crippen molar-refractivity contribution in [3.8, 4) is 16.8 Å². The van der Waals surface area contributed by atoms with Gasteiger partial charge in [0.25, 0.3) is 0 Å². The van der Waals surface area contributed by atoms with Crippen LogP contribution in [-0.2, 0) is 14.8 Å². The van der Waals surface area contributed by atoms with Crippen molar-refractivity contribution >= 4 is 38.3 Å². The maximum atomic E-state index is 11.9. The number of hydrogen-bond donors (Lipinski definition) is 2. The van der Waals surface area contributed by atoms with E-state index >= 15 is 0 Å². The van der Waals surface area contributed by atoms with Gasteiger partial charge in [0.15, 0.2) is 0 Å². The Morgan fingerprint density at radius 1 is 1.00 bits per heavy atom. The number of nitrogens with zero attached hydrogens (tertiary/aromatic N) is 1. The van der Waals surface area contributed by atoms with Gasteiger partial charge in [-0.3, -0.25) is 4.72 Å². The lowest BCUT2D eigenvalue weighted by Gasteiger charge is -2.09. The van der Waals surface area contributed by atoms with E-state index in [4.69, 9.17) is 10.5 Å². The van der Waals surface area contributed by atoms with E-state index in [1.54, 1.807) is 31.2 Å². The van der Waals surface area contributed by atoms with E-state index < -0.39 is 10.0 Å². The number of esters is 1. The fourth-order valence-corrected chi connectivity index (χ4v) is 4.13. The van der Waals surface area contributed by atoms with Crippen molar-refractivity contribution < 1.29 is 17.9 Å². The van der Waals surface area contributed by atoms with Crippen molar-refractivity contribution in [2.45, 2.75) is 6.92 Å². The molecule has 0 saturated heterocycles. The number of ether oxygens (including phenoxy) is 1. The molecule has 32 heavy (non-hydrogen) atoms. The van der Waals surface area contributed by atoms with Crippen LogP contribution in [-0.4, -0.2) is 31.8 Å². The summed E-state index contributed by atoms with van der Waals surface area (Å²) in [5, 5.41) is 0.898. The van der Waals surface area contributed by atoms with E-state index in [9.17, 15) is 13.2 Å². The SMILES string of the molecule is CCOC(=O)c1ccc(-n2cc(N)c3cc(-c4ccc(NS(C)(=O)=O)cc4)ccc32)cc1. The Labute approximate surface area is 186 Å². The first kappa shape index (κ1) is 21.5. The zero-order chi connectivity index (χ0) is 22.9. The van der Waals surface area contributed by atoms with Gasteiger partial charge in [0.2, 0.25) is 10.0 Å². The average molecular weight is 450 g/mol. The van der Waals surface area contributed by atoms with Gasteiger partial charge >= 0.3 is 5.97 Å². The Hall–Kier alpha value is -3.78. The average Bonchev–Trinajstić information content (AvgIpc) is 3.09. The van der Waals surface area contributed by atoms with Gasteiger partial charge in [-0.15, -0.1) is 0 Å². The number of nitrogen functional groups attached to an aromatic ring is 1. The van der Waals surface area contributed by atoms with Crippen LogP contribution in [0, 0.1) is 0 Å².